The maximum Gasteiger partial charge on any atom is 0.328 e. The number of thioether (sulfide) groups is 1. The predicted molar refractivity (Wildman–Crippen MR) is 129 cm³/mol. The molecule has 0 saturated carbocycles. The Morgan fingerprint density at radius 2 is 1.73 bits per heavy atom. The van der Waals surface area contributed by atoms with E-state index in [1.54, 1.807) is 11.8 Å². The van der Waals surface area contributed by atoms with Gasteiger partial charge in [-0.1, -0.05) is 32.4 Å². The molecule has 168 valence electrons. The molecule has 7 nitrogen and oxygen atoms in total. The van der Waals surface area contributed by atoms with Crippen LogP contribution >= 0.6 is 34.4 Å². The molecule has 0 fully saturated rings. The van der Waals surface area contributed by atoms with Gasteiger partial charge in [0.2, 0.25) is 11.8 Å². The minimum atomic E-state index is -0.853. The first-order valence-electron chi connectivity index (χ1n) is 9.90. The summed E-state index contributed by atoms with van der Waals surface area (Å²) in [6.45, 7) is 3.86. The van der Waals surface area contributed by atoms with Crippen molar-refractivity contribution in [3.05, 3.63) is 33.4 Å². The lowest BCUT2D eigenvalue weighted by molar-refractivity contribution is -0.145. The van der Waals surface area contributed by atoms with Crippen LogP contribution in [0.4, 0.5) is 0 Å². The molecule has 9 heteroatoms. The fourth-order valence-corrected chi connectivity index (χ4v) is 3.58. The number of esters is 1. The highest BCUT2D eigenvalue weighted by molar-refractivity contribution is 14.1. The Hall–Kier alpha value is -1.33. The summed E-state index contributed by atoms with van der Waals surface area (Å²) in [7, 11) is 1.29. The number of benzene rings is 1. The van der Waals surface area contributed by atoms with Crippen LogP contribution in [0.15, 0.2) is 24.3 Å². The summed E-state index contributed by atoms with van der Waals surface area (Å²) < 4.78 is 5.89. The molecule has 1 aromatic rings. The van der Waals surface area contributed by atoms with E-state index >= 15 is 0 Å². The predicted octanol–water partition coefficient (Wildman–Crippen LogP) is 2.10. The molecule has 0 aliphatic rings. The van der Waals surface area contributed by atoms with Gasteiger partial charge in [-0.3, -0.25) is 9.59 Å². The maximum atomic E-state index is 13.0. The van der Waals surface area contributed by atoms with Gasteiger partial charge in [0.25, 0.3) is 0 Å². The number of amides is 2. The van der Waals surface area contributed by atoms with Gasteiger partial charge in [0, 0.05) is 9.99 Å². The van der Waals surface area contributed by atoms with Crippen LogP contribution < -0.4 is 16.4 Å². The third-order valence-corrected chi connectivity index (χ3v) is 6.32. The number of rotatable bonds is 12. The van der Waals surface area contributed by atoms with E-state index in [9.17, 15) is 14.4 Å². The third-order valence-electron chi connectivity index (χ3n) is 4.96. The zero-order chi connectivity index (χ0) is 22.7. The van der Waals surface area contributed by atoms with Gasteiger partial charge in [0.05, 0.1) is 13.2 Å². The summed E-state index contributed by atoms with van der Waals surface area (Å²) in [5.41, 5.74) is 6.94. The quantitative estimate of drug-likeness (QED) is 0.272. The minimum Gasteiger partial charge on any atom is -0.467 e. The van der Waals surface area contributed by atoms with Crippen LogP contribution in [0.25, 0.3) is 0 Å². The third kappa shape index (κ3) is 8.81. The number of methoxy groups -OCH3 is 1. The van der Waals surface area contributed by atoms with Gasteiger partial charge in [0.15, 0.2) is 0 Å². The number of hydrogen-bond acceptors (Lipinski definition) is 6. The molecule has 4 atom stereocenters. The lowest BCUT2D eigenvalue weighted by atomic mass is 9.98. The number of ether oxygens (including phenoxy) is 1. The number of nitrogens with one attached hydrogen (secondary N) is 2. The van der Waals surface area contributed by atoms with E-state index < -0.39 is 30.0 Å². The van der Waals surface area contributed by atoms with Crippen LogP contribution in [0.2, 0.25) is 0 Å². The Labute approximate surface area is 196 Å². The summed E-state index contributed by atoms with van der Waals surface area (Å²) >= 11 is 3.78. The fraction of sp³-hybridized carbons (Fsp3) is 0.571. The van der Waals surface area contributed by atoms with Crippen molar-refractivity contribution in [2.24, 2.45) is 11.7 Å². The Morgan fingerprint density at radius 1 is 1.13 bits per heavy atom. The van der Waals surface area contributed by atoms with Crippen LogP contribution in [-0.2, 0) is 25.5 Å². The summed E-state index contributed by atoms with van der Waals surface area (Å²) in [5.74, 6) is -0.652. The monoisotopic (exact) mass is 549 g/mol. The average Bonchev–Trinajstić information content (AvgIpc) is 2.75. The molecule has 0 heterocycles. The van der Waals surface area contributed by atoms with Crippen LogP contribution in [-0.4, -0.2) is 55.0 Å². The van der Waals surface area contributed by atoms with Gasteiger partial charge in [-0.05, 0) is 64.6 Å². The topological polar surface area (TPSA) is 111 Å². The Kier molecular flexibility index (Phi) is 12.3. The number of carbonyl (C=O) groups is 3. The van der Waals surface area contributed by atoms with Crippen LogP contribution in [0.3, 0.4) is 0 Å². The second-order valence-electron chi connectivity index (χ2n) is 7.17. The van der Waals surface area contributed by atoms with E-state index in [0.29, 0.717) is 12.2 Å². The molecule has 0 spiro atoms. The van der Waals surface area contributed by atoms with E-state index in [0.717, 1.165) is 15.6 Å². The zero-order valence-electron chi connectivity index (χ0n) is 17.9. The van der Waals surface area contributed by atoms with Gasteiger partial charge in [-0.25, -0.2) is 4.79 Å². The second kappa shape index (κ2) is 13.9. The van der Waals surface area contributed by atoms with Gasteiger partial charge in [0.1, 0.15) is 12.1 Å². The summed E-state index contributed by atoms with van der Waals surface area (Å²) in [6, 6.07) is 5.36. The van der Waals surface area contributed by atoms with E-state index in [1.807, 2.05) is 44.4 Å². The normalized spacial score (nSPS) is 14.9. The largest absolute Gasteiger partial charge is 0.467 e. The summed E-state index contributed by atoms with van der Waals surface area (Å²) in [4.78, 5) is 37.7. The highest BCUT2D eigenvalue weighted by Gasteiger charge is 2.29. The van der Waals surface area contributed by atoms with Gasteiger partial charge in [-0.15, -0.1) is 0 Å². The number of nitrogens with two attached hydrogens (primary N) is 1. The maximum absolute atomic E-state index is 13.0. The van der Waals surface area contributed by atoms with Crippen molar-refractivity contribution in [1.29, 1.82) is 0 Å². The molecule has 1 aromatic carbocycles. The number of halogens is 1. The highest BCUT2D eigenvalue weighted by atomic mass is 127. The molecule has 0 saturated heterocycles. The van der Waals surface area contributed by atoms with Gasteiger partial charge in [-0.2, -0.15) is 11.8 Å². The first kappa shape index (κ1) is 26.7. The minimum absolute atomic E-state index is 0.0172. The molecule has 0 radical (unpaired) electrons. The van der Waals surface area contributed by atoms with Crippen molar-refractivity contribution in [2.45, 2.75) is 51.2 Å². The van der Waals surface area contributed by atoms with Crippen molar-refractivity contribution >= 4 is 52.1 Å². The van der Waals surface area contributed by atoms with Crippen molar-refractivity contribution in [2.75, 3.05) is 19.1 Å². The van der Waals surface area contributed by atoms with Crippen molar-refractivity contribution in [3.63, 3.8) is 0 Å². The second-order valence-corrected chi connectivity index (χ2v) is 9.40. The SMILES string of the molecule is CC[C@H](C)[C@H](N)C(=O)N[C@@H](Cc1ccc(I)cc1)C(=O)N[C@@H](CCSC)C(=O)OC. The van der Waals surface area contributed by atoms with Crippen molar-refractivity contribution < 1.29 is 19.1 Å². The summed E-state index contributed by atoms with van der Waals surface area (Å²) in [5, 5.41) is 5.52. The lowest BCUT2D eigenvalue weighted by Crippen LogP contribution is -2.56. The van der Waals surface area contributed by atoms with Crippen LogP contribution in [0, 0.1) is 9.49 Å². The van der Waals surface area contributed by atoms with E-state index in [-0.39, 0.29) is 18.2 Å². The molecule has 0 aliphatic carbocycles. The van der Waals surface area contributed by atoms with Crippen molar-refractivity contribution in [1.82, 2.24) is 10.6 Å². The number of carbonyl (C=O) groups excluding carboxylic acids is 3. The Morgan fingerprint density at radius 3 is 2.27 bits per heavy atom. The molecule has 30 heavy (non-hydrogen) atoms. The Balaban J connectivity index is 3.01. The molecule has 1 rings (SSSR count). The van der Waals surface area contributed by atoms with E-state index in [1.165, 1.54) is 7.11 Å². The van der Waals surface area contributed by atoms with E-state index in [4.69, 9.17) is 10.5 Å². The van der Waals surface area contributed by atoms with E-state index in [2.05, 4.69) is 33.2 Å². The lowest BCUT2D eigenvalue weighted by Gasteiger charge is -2.25. The first-order chi connectivity index (χ1) is 14.2. The molecule has 2 amide bonds. The van der Waals surface area contributed by atoms with Gasteiger partial charge < -0.3 is 21.1 Å². The van der Waals surface area contributed by atoms with Crippen LogP contribution in [0.5, 0.6) is 0 Å². The molecule has 4 N–H and O–H groups in total. The smallest absolute Gasteiger partial charge is 0.328 e. The standard InChI is InChI=1S/C21H32IN3O4S/c1-5-13(2)18(23)20(27)25-17(12-14-6-8-15(22)9-7-14)19(26)24-16(10-11-30-4)21(28)29-3/h6-9,13,16-18H,5,10-12,23H2,1-4H3,(H,24,26)(H,25,27)/t13-,16-,17-,18-/m0/s1. The fourth-order valence-electron chi connectivity index (χ4n) is 2.74. The molecule has 0 aromatic heterocycles. The number of hydrogen-bond donors (Lipinski definition) is 3. The average molecular weight is 549 g/mol. The molecular formula is C21H32IN3O4S. The Bertz CT molecular complexity index is 702. The summed E-state index contributed by atoms with van der Waals surface area (Å²) in [6.07, 6.45) is 3.40. The zero-order valence-corrected chi connectivity index (χ0v) is 20.9. The van der Waals surface area contributed by atoms with Gasteiger partial charge >= 0.3 is 5.97 Å². The van der Waals surface area contributed by atoms with Crippen molar-refractivity contribution in [3.8, 4) is 0 Å². The highest BCUT2D eigenvalue weighted by Crippen LogP contribution is 2.11. The molecule has 0 bridgehead atoms. The molecular weight excluding hydrogens is 517 g/mol. The first-order valence-corrected chi connectivity index (χ1v) is 12.4. The van der Waals surface area contributed by atoms with Crippen LogP contribution in [0.1, 0.15) is 32.3 Å². The molecule has 0 aliphatic heterocycles. The molecule has 0 unspecified atom stereocenters.